The molecule has 6 nitrogen and oxygen atoms in total. The Hall–Kier alpha value is -3.67. The van der Waals surface area contributed by atoms with Gasteiger partial charge in [0, 0.05) is 19.3 Å². The Bertz CT molecular complexity index is 1560. The van der Waals surface area contributed by atoms with Gasteiger partial charge in [-0.2, -0.15) is 0 Å². The van der Waals surface area contributed by atoms with Crippen LogP contribution >= 0.6 is 0 Å². The van der Waals surface area contributed by atoms with Crippen molar-refractivity contribution in [1.29, 1.82) is 0 Å². The van der Waals surface area contributed by atoms with Crippen molar-refractivity contribution < 1.29 is 28.6 Å². The van der Waals surface area contributed by atoms with Crippen LogP contribution in [0.1, 0.15) is 335 Å². The molecule has 0 bridgehead atoms. The molecule has 0 aromatic carbocycles. The zero-order chi connectivity index (χ0) is 57.8. The van der Waals surface area contributed by atoms with Gasteiger partial charge in [0.15, 0.2) is 6.10 Å². The van der Waals surface area contributed by atoms with Crippen LogP contribution in [0.15, 0.2) is 97.2 Å². The van der Waals surface area contributed by atoms with Crippen LogP contribution in [0.4, 0.5) is 0 Å². The third-order valence-corrected chi connectivity index (χ3v) is 14.8. The van der Waals surface area contributed by atoms with Crippen LogP contribution in [0.25, 0.3) is 0 Å². The molecule has 0 aliphatic rings. The summed E-state index contributed by atoms with van der Waals surface area (Å²) in [6.07, 6.45) is 91.3. The fourth-order valence-corrected chi connectivity index (χ4v) is 9.71. The molecule has 0 aromatic heterocycles. The number of unbranched alkanes of at least 4 members (excludes halogenated alkanes) is 35. The van der Waals surface area contributed by atoms with Gasteiger partial charge in [-0.3, -0.25) is 14.4 Å². The minimum atomic E-state index is -0.782. The Morgan fingerprint density at radius 2 is 0.487 bits per heavy atom. The normalized spacial score (nSPS) is 12.7. The van der Waals surface area contributed by atoms with E-state index in [4.69, 9.17) is 14.2 Å². The first-order valence-electron chi connectivity index (χ1n) is 34.2. The predicted octanol–water partition coefficient (Wildman–Crippen LogP) is 23.6. The molecule has 0 radical (unpaired) electrons. The number of allylic oxidation sites excluding steroid dienone is 16. The molecule has 0 aliphatic carbocycles. The molecule has 0 rings (SSSR count). The van der Waals surface area contributed by atoms with Crippen molar-refractivity contribution in [2.24, 2.45) is 0 Å². The smallest absolute Gasteiger partial charge is 0.306 e. The number of hydrogen-bond acceptors (Lipinski definition) is 6. The fourth-order valence-electron chi connectivity index (χ4n) is 9.71. The van der Waals surface area contributed by atoms with Crippen LogP contribution in [0.5, 0.6) is 0 Å². The quantitative estimate of drug-likeness (QED) is 0.0261. The Morgan fingerprint density at radius 1 is 0.263 bits per heavy atom. The van der Waals surface area contributed by atoms with Crippen molar-refractivity contribution in [1.82, 2.24) is 0 Å². The highest BCUT2D eigenvalue weighted by molar-refractivity contribution is 5.71. The molecule has 1 unspecified atom stereocenters. The molecule has 0 N–H and O–H groups in total. The zero-order valence-electron chi connectivity index (χ0n) is 52.8. The molecular formula is C74H128O6. The van der Waals surface area contributed by atoms with E-state index in [0.29, 0.717) is 19.3 Å². The largest absolute Gasteiger partial charge is 0.462 e. The minimum absolute atomic E-state index is 0.0797. The lowest BCUT2D eigenvalue weighted by Crippen LogP contribution is -2.30. The number of esters is 3. The second kappa shape index (κ2) is 67.8. The lowest BCUT2D eigenvalue weighted by Gasteiger charge is -2.18. The maximum Gasteiger partial charge on any atom is 0.306 e. The molecule has 0 aromatic rings. The summed E-state index contributed by atoms with van der Waals surface area (Å²) in [6, 6.07) is 0. The van der Waals surface area contributed by atoms with Crippen molar-refractivity contribution in [2.45, 2.75) is 341 Å². The Balaban J connectivity index is 4.29. The van der Waals surface area contributed by atoms with Gasteiger partial charge in [-0.05, 0) is 103 Å². The first kappa shape index (κ1) is 76.3. The van der Waals surface area contributed by atoms with Crippen LogP contribution in [0.3, 0.4) is 0 Å². The van der Waals surface area contributed by atoms with Crippen LogP contribution in [0.2, 0.25) is 0 Å². The molecule has 1 atom stereocenters. The molecule has 0 heterocycles. The number of carbonyl (C=O) groups excluding carboxylic acids is 3. The second-order valence-electron chi connectivity index (χ2n) is 22.7. The van der Waals surface area contributed by atoms with Crippen molar-refractivity contribution in [2.75, 3.05) is 13.2 Å². The summed E-state index contributed by atoms with van der Waals surface area (Å²) in [7, 11) is 0. The zero-order valence-corrected chi connectivity index (χ0v) is 52.8. The average Bonchev–Trinajstić information content (AvgIpc) is 3.46. The van der Waals surface area contributed by atoms with E-state index in [9.17, 15) is 14.4 Å². The van der Waals surface area contributed by atoms with Crippen molar-refractivity contribution in [3.63, 3.8) is 0 Å². The lowest BCUT2D eigenvalue weighted by molar-refractivity contribution is -0.167. The summed E-state index contributed by atoms with van der Waals surface area (Å²) in [5.41, 5.74) is 0. The van der Waals surface area contributed by atoms with Crippen molar-refractivity contribution in [3.05, 3.63) is 97.2 Å². The summed E-state index contributed by atoms with van der Waals surface area (Å²) in [5, 5.41) is 0. The number of ether oxygens (including phenoxy) is 3. The van der Waals surface area contributed by atoms with Gasteiger partial charge < -0.3 is 14.2 Å². The van der Waals surface area contributed by atoms with Crippen LogP contribution in [0, 0.1) is 0 Å². The van der Waals surface area contributed by atoms with Crippen LogP contribution in [-0.2, 0) is 28.6 Å². The highest BCUT2D eigenvalue weighted by atomic mass is 16.6. The first-order chi connectivity index (χ1) is 39.5. The van der Waals surface area contributed by atoms with E-state index in [1.165, 1.54) is 180 Å². The lowest BCUT2D eigenvalue weighted by atomic mass is 10.0. The monoisotopic (exact) mass is 1110 g/mol. The summed E-state index contributed by atoms with van der Waals surface area (Å²) < 4.78 is 17.0. The Kier molecular flexibility index (Phi) is 64.7. The highest BCUT2D eigenvalue weighted by Crippen LogP contribution is 2.17. The van der Waals surface area contributed by atoms with Gasteiger partial charge in [0.1, 0.15) is 13.2 Å². The van der Waals surface area contributed by atoms with E-state index in [0.717, 1.165) is 116 Å². The van der Waals surface area contributed by atoms with Gasteiger partial charge in [0.05, 0.1) is 0 Å². The molecule has 0 aliphatic heterocycles. The van der Waals surface area contributed by atoms with Gasteiger partial charge in [0.2, 0.25) is 0 Å². The molecule has 460 valence electrons. The van der Waals surface area contributed by atoms with Crippen molar-refractivity contribution >= 4 is 17.9 Å². The third kappa shape index (κ3) is 65.1. The number of carbonyl (C=O) groups is 3. The van der Waals surface area contributed by atoms with E-state index < -0.39 is 6.10 Å². The summed E-state index contributed by atoms with van der Waals surface area (Å²) in [5.74, 6) is -0.877. The number of rotatable bonds is 62. The molecule has 0 spiro atoms. The molecular weight excluding hydrogens is 985 g/mol. The predicted molar refractivity (Wildman–Crippen MR) is 348 cm³/mol. The SMILES string of the molecule is CC/C=C\C/C=C\C/C=C\C/C=C\C/C=C\C/C=C\C/C=C\CCCCCCCCCCCC(=O)OCC(COC(=O)CCCCCCC/C=C\CCCCCCCC)OC(=O)CCCCCCCCCCCCCCCCCC. The Morgan fingerprint density at radius 3 is 0.775 bits per heavy atom. The van der Waals surface area contributed by atoms with E-state index in [2.05, 4.69) is 118 Å². The van der Waals surface area contributed by atoms with Crippen molar-refractivity contribution in [3.8, 4) is 0 Å². The average molecular weight is 1110 g/mol. The molecule has 80 heavy (non-hydrogen) atoms. The van der Waals surface area contributed by atoms with E-state index in [1.807, 2.05) is 0 Å². The Labute approximate surface area is 496 Å². The van der Waals surface area contributed by atoms with Gasteiger partial charge in [-0.25, -0.2) is 0 Å². The maximum absolute atomic E-state index is 12.9. The minimum Gasteiger partial charge on any atom is -0.462 e. The van der Waals surface area contributed by atoms with Gasteiger partial charge in [0.25, 0.3) is 0 Å². The van der Waals surface area contributed by atoms with Gasteiger partial charge in [-0.15, -0.1) is 0 Å². The second-order valence-corrected chi connectivity index (χ2v) is 22.7. The van der Waals surface area contributed by atoms with E-state index in [1.54, 1.807) is 0 Å². The first-order valence-corrected chi connectivity index (χ1v) is 34.2. The molecule has 0 amide bonds. The summed E-state index contributed by atoms with van der Waals surface area (Å²) in [6.45, 7) is 6.55. The highest BCUT2D eigenvalue weighted by Gasteiger charge is 2.19. The molecule has 6 heteroatoms. The van der Waals surface area contributed by atoms with E-state index >= 15 is 0 Å². The number of hydrogen-bond donors (Lipinski definition) is 0. The molecule has 0 saturated carbocycles. The van der Waals surface area contributed by atoms with Gasteiger partial charge in [-0.1, -0.05) is 311 Å². The van der Waals surface area contributed by atoms with Crippen LogP contribution < -0.4 is 0 Å². The summed E-state index contributed by atoms with van der Waals surface area (Å²) >= 11 is 0. The standard InChI is InChI=1S/C74H128O6/c1-4-7-10-13-16-19-22-25-28-30-31-32-33-34-35-36-37-38-39-40-41-42-43-44-47-49-52-55-58-61-64-67-73(76)79-70-71(69-78-72(75)66-63-60-57-54-51-48-45-27-24-21-18-15-12-9-6-3)80-74(77)68-65-62-59-56-53-50-46-29-26-23-20-17-14-11-8-5-2/h7,10,16,19,25,27-28,31-32,34-35,37-38,40-41,45,71H,4-6,8-9,11-15,17-18,20-24,26,29-30,33,36,39,42-44,46-70H2,1-3H3/b10-7-,19-16-,28-25-,32-31-,35-34-,38-37-,41-40-,45-27-. The summed E-state index contributed by atoms with van der Waals surface area (Å²) in [4.78, 5) is 38.4. The maximum atomic E-state index is 12.9. The fraction of sp³-hybridized carbons (Fsp3) is 0.743. The van der Waals surface area contributed by atoms with Crippen LogP contribution in [-0.4, -0.2) is 37.2 Å². The molecule has 0 fully saturated rings. The van der Waals surface area contributed by atoms with Gasteiger partial charge >= 0.3 is 17.9 Å². The topological polar surface area (TPSA) is 78.9 Å². The molecule has 0 saturated heterocycles. The third-order valence-electron chi connectivity index (χ3n) is 14.8. The van der Waals surface area contributed by atoms with E-state index in [-0.39, 0.29) is 31.1 Å².